The molecule has 3 rings (SSSR count). The summed E-state index contributed by atoms with van der Waals surface area (Å²) < 4.78 is 26.7. The maximum absolute atomic E-state index is 12.7. The largest absolute Gasteiger partial charge is 0.276 e. The third-order valence-electron chi connectivity index (χ3n) is 3.87. The molecule has 1 N–H and O–H groups in total. The minimum absolute atomic E-state index is 0.165. The van der Waals surface area contributed by atoms with Crippen LogP contribution in [0.15, 0.2) is 41.3 Å². The number of nitrogens with one attached hydrogen (secondary N) is 1. The van der Waals surface area contributed by atoms with Crippen molar-refractivity contribution in [3.05, 3.63) is 41.4 Å². The fraction of sp³-hybridized carbons (Fsp3) is 0.267. The quantitative estimate of drug-likeness (QED) is 0.907. The van der Waals surface area contributed by atoms with Crippen LogP contribution >= 0.6 is 11.6 Å². The normalized spacial score (nSPS) is 17.0. The molecule has 2 aromatic carbocycles. The highest BCUT2D eigenvalue weighted by Crippen LogP contribution is 2.25. The number of fused-ring (bicyclic) bond motifs is 1. The number of carbonyl (C=O) groups excluding carboxylic acids is 1. The van der Waals surface area contributed by atoms with Gasteiger partial charge < -0.3 is 0 Å². The average Bonchev–Trinajstić information content (AvgIpc) is 2.54. The molecule has 0 atom stereocenters. The fourth-order valence-corrected chi connectivity index (χ4v) is 4.19. The first-order valence-corrected chi connectivity index (χ1v) is 8.91. The molecule has 0 bridgehead atoms. The maximum atomic E-state index is 12.7. The highest BCUT2D eigenvalue weighted by Gasteiger charge is 2.32. The summed E-state index contributed by atoms with van der Waals surface area (Å²) >= 11 is 5.94. The Morgan fingerprint density at radius 2 is 1.78 bits per heavy atom. The van der Waals surface area contributed by atoms with Gasteiger partial charge in [-0.1, -0.05) is 23.7 Å². The number of sulfonamides is 1. The molecule has 0 unspecified atom stereocenters. The van der Waals surface area contributed by atoms with Crippen LogP contribution in [0.5, 0.6) is 0 Å². The molecule has 0 aliphatic carbocycles. The molecule has 0 spiro atoms. The molecule has 1 amide bonds. The Kier molecular flexibility index (Phi) is 4.29. The Hall–Kier alpha value is -1.67. The van der Waals surface area contributed by atoms with E-state index >= 15 is 0 Å². The number of carbonyl (C=O) groups is 1. The van der Waals surface area contributed by atoms with E-state index in [1.807, 2.05) is 0 Å². The van der Waals surface area contributed by atoms with Gasteiger partial charge in [-0.05, 0) is 35.0 Å². The number of halogens is 1. The van der Waals surface area contributed by atoms with Crippen molar-refractivity contribution < 1.29 is 13.2 Å². The smallest absolute Gasteiger partial charge is 0.252 e. The standard InChI is InChI=1S/C15H16ClN3O3S/c1-17-19-7-6-18(10-15(19)20)23(21,22)14-5-3-11-8-13(16)4-2-12(11)9-14/h2-5,8-9,17H,6-7,10H2,1H3. The average molecular weight is 354 g/mol. The SMILES string of the molecule is CNN1CCN(S(=O)(=O)c2ccc3cc(Cl)ccc3c2)CC1=O. The number of nitrogens with zero attached hydrogens (tertiary/aromatic N) is 2. The molecule has 0 radical (unpaired) electrons. The van der Waals surface area contributed by atoms with Gasteiger partial charge in [0.15, 0.2) is 0 Å². The van der Waals surface area contributed by atoms with Crippen molar-refractivity contribution in [2.24, 2.45) is 0 Å². The second-order valence-corrected chi connectivity index (χ2v) is 7.64. The molecular formula is C15H16ClN3O3S. The number of amides is 1. The third kappa shape index (κ3) is 3.05. The Morgan fingerprint density at radius 1 is 1.09 bits per heavy atom. The number of rotatable bonds is 3. The van der Waals surface area contributed by atoms with Crippen LogP contribution in [0, 0.1) is 0 Å². The molecule has 1 aliphatic rings. The van der Waals surface area contributed by atoms with Crippen LogP contribution in [0.1, 0.15) is 0 Å². The Balaban J connectivity index is 1.93. The van der Waals surface area contributed by atoms with Gasteiger partial charge >= 0.3 is 0 Å². The Labute approximate surface area is 139 Å². The summed E-state index contributed by atoms with van der Waals surface area (Å²) in [6, 6.07) is 10.2. The first kappa shape index (κ1) is 16.2. The van der Waals surface area contributed by atoms with Crippen molar-refractivity contribution in [3.8, 4) is 0 Å². The van der Waals surface area contributed by atoms with Crippen molar-refractivity contribution in [1.82, 2.24) is 14.7 Å². The van der Waals surface area contributed by atoms with E-state index in [0.717, 1.165) is 10.8 Å². The van der Waals surface area contributed by atoms with Gasteiger partial charge in [0.2, 0.25) is 10.0 Å². The van der Waals surface area contributed by atoms with Crippen LogP contribution in [0.2, 0.25) is 5.02 Å². The Morgan fingerprint density at radius 3 is 2.48 bits per heavy atom. The molecule has 1 heterocycles. The molecule has 2 aromatic rings. The molecule has 1 saturated heterocycles. The molecular weight excluding hydrogens is 338 g/mol. The van der Waals surface area contributed by atoms with E-state index < -0.39 is 10.0 Å². The van der Waals surface area contributed by atoms with Gasteiger partial charge in [0.05, 0.1) is 18.0 Å². The van der Waals surface area contributed by atoms with Gasteiger partial charge in [0, 0.05) is 18.6 Å². The van der Waals surface area contributed by atoms with Crippen molar-refractivity contribution in [3.63, 3.8) is 0 Å². The summed E-state index contributed by atoms with van der Waals surface area (Å²) in [5.74, 6) is -0.269. The van der Waals surface area contributed by atoms with Crippen LogP contribution in [-0.4, -0.2) is 50.3 Å². The van der Waals surface area contributed by atoms with E-state index in [-0.39, 0.29) is 23.9 Å². The number of hydrogen-bond acceptors (Lipinski definition) is 4. The van der Waals surface area contributed by atoms with Gasteiger partial charge in [-0.2, -0.15) is 4.31 Å². The van der Waals surface area contributed by atoms with Crippen molar-refractivity contribution >= 4 is 38.3 Å². The zero-order chi connectivity index (χ0) is 16.6. The summed E-state index contributed by atoms with van der Waals surface area (Å²) in [5, 5.41) is 3.67. The lowest BCUT2D eigenvalue weighted by atomic mass is 10.1. The van der Waals surface area contributed by atoms with Gasteiger partial charge in [0.25, 0.3) is 5.91 Å². The van der Waals surface area contributed by atoms with Gasteiger partial charge in [-0.15, -0.1) is 0 Å². The van der Waals surface area contributed by atoms with E-state index in [1.165, 1.54) is 9.31 Å². The van der Waals surface area contributed by atoms with Crippen molar-refractivity contribution in [1.29, 1.82) is 0 Å². The number of hydrogen-bond donors (Lipinski definition) is 1. The minimum atomic E-state index is -3.70. The van der Waals surface area contributed by atoms with Gasteiger partial charge in [0.1, 0.15) is 0 Å². The summed E-state index contributed by atoms with van der Waals surface area (Å²) in [5.41, 5.74) is 2.74. The van der Waals surface area contributed by atoms with Crippen LogP contribution in [0.4, 0.5) is 0 Å². The van der Waals surface area contributed by atoms with E-state index in [0.29, 0.717) is 11.6 Å². The Bertz CT molecular complexity index is 869. The van der Waals surface area contributed by atoms with Gasteiger partial charge in [-0.3, -0.25) is 9.80 Å². The lowest BCUT2D eigenvalue weighted by Crippen LogP contribution is -2.55. The number of hydrazine groups is 1. The lowest BCUT2D eigenvalue weighted by Gasteiger charge is -2.32. The minimum Gasteiger partial charge on any atom is -0.276 e. The number of benzene rings is 2. The third-order valence-corrected chi connectivity index (χ3v) is 5.94. The molecule has 0 saturated carbocycles. The van der Waals surface area contributed by atoms with Gasteiger partial charge in [-0.25, -0.2) is 13.8 Å². The highest BCUT2D eigenvalue weighted by atomic mass is 35.5. The predicted molar refractivity (Wildman–Crippen MR) is 88.5 cm³/mol. The second-order valence-electron chi connectivity index (χ2n) is 5.26. The molecule has 1 aliphatic heterocycles. The van der Waals surface area contributed by atoms with Crippen molar-refractivity contribution in [2.45, 2.75) is 4.90 Å². The lowest BCUT2D eigenvalue weighted by molar-refractivity contribution is -0.137. The van der Waals surface area contributed by atoms with Crippen LogP contribution in [0.25, 0.3) is 10.8 Å². The van der Waals surface area contributed by atoms with Crippen LogP contribution in [0.3, 0.4) is 0 Å². The predicted octanol–water partition coefficient (Wildman–Crippen LogP) is 1.46. The summed E-state index contributed by atoms with van der Waals surface area (Å²) in [4.78, 5) is 12.1. The second kappa shape index (κ2) is 6.09. The molecule has 1 fully saturated rings. The van der Waals surface area contributed by atoms with E-state index in [4.69, 9.17) is 11.6 Å². The molecule has 122 valence electrons. The monoisotopic (exact) mass is 353 g/mol. The van der Waals surface area contributed by atoms with Crippen LogP contribution < -0.4 is 5.43 Å². The molecule has 6 nitrogen and oxygen atoms in total. The maximum Gasteiger partial charge on any atom is 0.252 e. The highest BCUT2D eigenvalue weighted by molar-refractivity contribution is 7.89. The molecule has 23 heavy (non-hydrogen) atoms. The van der Waals surface area contributed by atoms with E-state index in [1.54, 1.807) is 43.4 Å². The first-order chi connectivity index (χ1) is 10.9. The molecule has 0 aromatic heterocycles. The molecule has 8 heteroatoms. The van der Waals surface area contributed by atoms with Crippen molar-refractivity contribution in [2.75, 3.05) is 26.7 Å². The number of piperazine rings is 1. The zero-order valence-electron chi connectivity index (χ0n) is 12.5. The van der Waals surface area contributed by atoms with E-state index in [9.17, 15) is 13.2 Å². The van der Waals surface area contributed by atoms with E-state index in [2.05, 4.69) is 5.43 Å². The summed E-state index contributed by atoms with van der Waals surface area (Å²) in [6.45, 7) is 0.410. The summed E-state index contributed by atoms with van der Waals surface area (Å²) in [7, 11) is -2.07. The first-order valence-electron chi connectivity index (χ1n) is 7.09. The summed E-state index contributed by atoms with van der Waals surface area (Å²) in [6.07, 6.45) is 0. The topological polar surface area (TPSA) is 69.7 Å². The van der Waals surface area contributed by atoms with Crippen LogP contribution in [-0.2, 0) is 14.8 Å². The zero-order valence-corrected chi connectivity index (χ0v) is 14.1. The fourth-order valence-electron chi connectivity index (χ4n) is 2.60.